The van der Waals surface area contributed by atoms with Gasteiger partial charge in [-0.3, -0.25) is 4.79 Å². The number of benzene rings is 1. The summed E-state index contributed by atoms with van der Waals surface area (Å²) in [5.41, 5.74) is 1.72. The van der Waals surface area contributed by atoms with Gasteiger partial charge in [0.1, 0.15) is 11.5 Å². The van der Waals surface area contributed by atoms with Crippen molar-refractivity contribution in [3.05, 3.63) is 47.7 Å². The highest BCUT2D eigenvalue weighted by molar-refractivity contribution is 5.94. The fourth-order valence-electron chi connectivity index (χ4n) is 1.46. The van der Waals surface area contributed by atoms with Crippen LogP contribution in [0.2, 0.25) is 0 Å². The monoisotopic (exact) mass is 200 g/mol. The molecule has 0 N–H and O–H groups in total. The summed E-state index contributed by atoms with van der Waals surface area (Å²) in [4.78, 5) is 11.1. The van der Waals surface area contributed by atoms with Gasteiger partial charge in [-0.05, 0) is 26.0 Å². The second-order valence-electron chi connectivity index (χ2n) is 3.54. The zero-order chi connectivity index (χ0) is 10.8. The predicted molar refractivity (Wildman–Crippen MR) is 58.9 cm³/mol. The third-order valence-corrected chi connectivity index (χ3v) is 2.32. The molecular formula is C13H12O2. The maximum Gasteiger partial charge on any atom is 0.159 e. The van der Waals surface area contributed by atoms with Gasteiger partial charge >= 0.3 is 0 Å². The van der Waals surface area contributed by atoms with E-state index in [0.29, 0.717) is 0 Å². The number of carbonyl (C=O) groups is 1. The zero-order valence-electron chi connectivity index (χ0n) is 8.78. The van der Waals surface area contributed by atoms with Gasteiger partial charge in [-0.1, -0.05) is 24.3 Å². The van der Waals surface area contributed by atoms with Crippen molar-refractivity contribution < 1.29 is 9.21 Å². The van der Waals surface area contributed by atoms with Crippen molar-refractivity contribution in [3.63, 3.8) is 0 Å². The third kappa shape index (κ3) is 1.99. The van der Waals surface area contributed by atoms with Gasteiger partial charge in [0.2, 0.25) is 0 Å². The van der Waals surface area contributed by atoms with Crippen LogP contribution < -0.4 is 0 Å². The Morgan fingerprint density at radius 2 is 1.73 bits per heavy atom. The maximum absolute atomic E-state index is 11.1. The number of furan rings is 1. The fraction of sp³-hybridized carbons (Fsp3) is 0.154. The van der Waals surface area contributed by atoms with Gasteiger partial charge in [0.25, 0.3) is 0 Å². The van der Waals surface area contributed by atoms with Crippen LogP contribution in [0.4, 0.5) is 0 Å². The van der Waals surface area contributed by atoms with Crippen molar-refractivity contribution in [3.8, 4) is 11.3 Å². The molecule has 15 heavy (non-hydrogen) atoms. The molecule has 1 aromatic carbocycles. The standard InChI is InChI=1S/C13H12O2/c1-9-3-8-13(15-9)12-6-4-11(5-7-12)10(2)14/h3-8H,1-2H3. The van der Waals surface area contributed by atoms with Gasteiger partial charge in [0.15, 0.2) is 5.78 Å². The Morgan fingerprint density at radius 3 is 2.20 bits per heavy atom. The minimum Gasteiger partial charge on any atom is -0.461 e. The van der Waals surface area contributed by atoms with Crippen LogP contribution in [0.25, 0.3) is 11.3 Å². The number of carbonyl (C=O) groups excluding carboxylic acids is 1. The normalized spacial score (nSPS) is 10.3. The summed E-state index contributed by atoms with van der Waals surface area (Å²) >= 11 is 0. The van der Waals surface area contributed by atoms with Crippen molar-refractivity contribution >= 4 is 5.78 Å². The topological polar surface area (TPSA) is 30.2 Å². The van der Waals surface area contributed by atoms with Crippen molar-refractivity contribution in [2.24, 2.45) is 0 Å². The van der Waals surface area contributed by atoms with Crippen LogP contribution >= 0.6 is 0 Å². The van der Waals surface area contributed by atoms with Gasteiger partial charge in [0.05, 0.1) is 0 Å². The second kappa shape index (κ2) is 3.73. The molecule has 76 valence electrons. The van der Waals surface area contributed by atoms with Crippen LogP contribution in [0.15, 0.2) is 40.8 Å². The quantitative estimate of drug-likeness (QED) is 0.695. The molecule has 0 aliphatic heterocycles. The van der Waals surface area contributed by atoms with E-state index in [0.717, 1.165) is 22.6 Å². The summed E-state index contributed by atoms with van der Waals surface area (Å²) in [6.45, 7) is 3.47. The number of hydrogen-bond acceptors (Lipinski definition) is 2. The molecule has 2 nitrogen and oxygen atoms in total. The molecule has 0 bridgehead atoms. The summed E-state index contributed by atoms with van der Waals surface area (Å²) in [6.07, 6.45) is 0. The Hall–Kier alpha value is -1.83. The Kier molecular flexibility index (Phi) is 2.42. The number of hydrogen-bond donors (Lipinski definition) is 0. The Balaban J connectivity index is 2.35. The van der Waals surface area contributed by atoms with E-state index >= 15 is 0 Å². The van der Waals surface area contributed by atoms with Gasteiger partial charge in [-0.25, -0.2) is 0 Å². The van der Waals surface area contributed by atoms with E-state index in [-0.39, 0.29) is 5.78 Å². The van der Waals surface area contributed by atoms with Gasteiger partial charge < -0.3 is 4.42 Å². The molecule has 0 amide bonds. The van der Waals surface area contributed by atoms with Crippen LogP contribution in [0.3, 0.4) is 0 Å². The van der Waals surface area contributed by atoms with Gasteiger partial charge in [0, 0.05) is 11.1 Å². The first-order chi connectivity index (χ1) is 7.16. The smallest absolute Gasteiger partial charge is 0.159 e. The molecule has 0 saturated carbocycles. The largest absolute Gasteiger partial charge is 0.461 e. The van der Waals surface area contributed by atoms with Crippen molar-refractivity contribution in [2.45, 2.75) is 13.8 Å². The molecular weight excluding hydrogens is 188 g/mol. The van der Waals surface area contributed by atoms with E-state index in [1.54, 1.807) is 6.92 Å². The Morgan fingerprint density at radius 1 is 1.07 bits per heavy atom. The van der Waals surface area contributed by atoms with E-state index in [4.69, 9.17) is 4.42 Å². The lowest BCUT2D eigenvalue weighted by atomic mass is 10.1. The predicted octanol–water partition coefficient (Wildman–Crippen LogP) is 3.46. The van der Waals surface area contributed by atoms with E-state index in [1.165, 1.54) is 0 Å². The first-order valence-electron chi connectivity index (χ1n) is 4.84. The molecule has 0 saturated heterocycles. The highest BCUT2D eigenvalue weighted by Gasteiger charge is 2.03. The first-order valence-corrected chi connectivity index (χ1v) is 4.84. The zero-order valence-corrected chi connectivity index (χ0v) is 8.78. The van der Waals surface area contributed by atoms with Crippen LogP contribution in [-0.2, 0) is 0 Å². The fourth-order valence-corrected chi connectivity index (χ4v) is 1.46. The van der Waals surface area contributed by atoms with E-state index < -0.39 is 0 Å². The first kappa shape index (κ1) is 9.71. The summed E-state index contributed by atoms with van der Waals surface area (Å²) < 4.78 is 5.48. The minimum absolute atomic E-state index is 0.0807. The summed E-state index contributed by atoms with van der Waals surface area (Å²) in [7, 11) is 0. The molecule has 0 unspecified atom stereocenters. The summed E-state index contributed by atoms with van der Waals surface area (Å²) in [5, 5.41) is 0. The molecule has 2 rings (SSSR count). The highest BCUT2D eigenvalue weighted by atomic mass is 16.3. The molecule has 2 aromatic rings. The third-order valence-electron chi connectivity index (χ3n) is 2.32. The van der Waals surface area contributed by atoms with Gasteiger partial charge in [-0.2, -0.15) is 0 Å². The molecule has 0 aliphatic rings. The average molecular weight is 200 g/mol. The Bertz CT molecular complexity index is 477. The lowest BCUT2D eigenvalue weighted by molar-refractivity contribution is 0.101. The van der Waals surface area contributed by atoms with E-state index in [2.05, 4.69) is 0 Å². The van der Waals surface area contributed by atoms with Gasteiger partial charge in [-0.15, -0.1) is 0 Å². The van der Waals surface area contributed by atoms with Crippen LogP contribution in [-0.4, -0.2) is 5.78 Å². The van der Waals surface area contributed by atoms with Crippen molar-refractivity contribution in [2.75, 3.05) is 0 Å². The second-order valence-corrected chi connectivity index (χ2v) is 3.54. The number of aryl methyl sites for hydroxylation is 1. The lowest BCUT2D eigenvalue weighted by Gasteiger charge is -1.98. The molecule has 0 fully saturated rings. The van der Waals surface area contributed by atoms with Crippen LogP contribution in [0.5, 0.6) is 0 Å². The highest BCUT2D eigenvalue weighted by Crippen LogP contribution is 2.22. The molecule has 0 aliphatic carbocycles. The SMILES string of the molecule is CC(=O)c1ccc(-c2ccc(C)o2)cc1. The number of Topliss-reactive ketones (excluding diaryl/α,β-unsaturated/α-hetero) is 1. The van der Waals surface area contributed by atoms with Crippen LogP contribution in [0, 0.1) is 6.92 Å². The molecule has 0 radical (unpaired) electrons. The summed E-state index contributed by atoms with van der Waals surface area (Å²) in [5.74, 6) is 1.81. The van der Waals surface area contributed by atoms with Crippen molar-refractivity contribution in [1.82, 2.24) is 0 Å². The molecule has 0 atom stereocenters. The van der Waals surface area contributed by atoms with Crippen LogP contribution in [0.1, 0.15) is 23.0 Å². The van der Waals surface area contributed by atoms with E-state index in [1.807, 2.05) is 43.3 Å². The number of rotatable bonds is 2. The van der Waals surface area contributed by atoms with E-state index in [9.17, 15) is 4.79 Å². The average Bonchev–Trinajstić information content (AvgIpc) is 2.65. The molecule has 2 heteroatoms. The van der Waals surface area contributed by atoms with Crippen molar-refractivity contribution in [1.29, 1.82) is 0 Å². The minimum atomic E-state index is 0.0807. The Labute approximate surface area is 88.5 Å². The number of ketones is 1. The maximum atomic E-state index is 11.1. The molecule has 1 aromatic heterocycles. The molecule has 1 heterocycles. The molecule has 0 spiro atoms. The lowest BCUT2D eigenvalue weighted by Crippen LogP contribution is -1.90. The summed E-state index contributed by atoms with van der Waals surface area (Å²) in [6, 6.07) is 11.3.